The van der Waals surface area contributed by atoms with Crippen molar-refractivity contribution in [1.29, 1.82) is 0 Å². The summed E-state index contributed by atoms with van der Waals surface area (Å²) in [5.74, 6) is 2.73. The zero-order valence-corrected chi connectivity index (χ0v) is 13.2. The van der Waals surface area contributed by atoms with Crippen molar-refractivity contribution in [1.82, 2.24) is 20.6 Å². The summed E-state index contributed by atoms with van der Waals surface area (Å²) < 4.78 is 0. The van der Waals surface area contributed by atoms with Crippen LogP contribution in [0.25, 0.3) is 0 Å². The molecule has 1 saturated carbocycles. The summed E-state index contributed by atoms with van der Waals surface area (Å²) in [5.41, 5.74) is 2.44. The molecule has 1 fully saturated rings. The molecule has 0 bridgehead atoms. The lowest BCUT2D eigenvalue weighted by atomic mass is 10.1. The fourth-order valence-corrected chi connectivity index (χ4v) is 2.83. The summed E-state index contributed by atoms with van der Waals surface area (Å²) in [6.45, 7) is 4.80. The number of nitrogens with one attached hydrogen (secondary N) is 3. The van der Waals surface area contributed by atoms with Crippen molar-refractivity contribution in [3.05, 3.63) is 17.1 Å². The van der Waals surface area contributed by atoms with Crippen molar-refractivity contribution in [2.75, 3.05) is 31.5 Å². The molecule has 0 unspecified atom stereocenters. The molecule has 2 heterocycles. The average Bonchev–Trinajstić information content (AvgIpc) is 3.30. The van der Waals surface area contributed by atoms with Crippen molar-refractivity contribution < 1.29 is 4.79 Å². The Kier molecular flexibility index (Phi) is 4.87. The maximum atomic E-state index is 10.9. The Bertz CT molecular complexity index is 542. The van der Waals surface area contributed by atoms with E-state index in [4.69, 9.17) is 9.97 Å². The first kappa shape index (κ1) is 15.2. The highest BCUT2D eigenvalue weighted by atomic mass is 16.1. The van der Waals surface area contributed by atoms with E-state index >= 15 is 0 Å². The van der Waals surface area contributed by atoms with Gasteiger partial charge in [0.1, 0.15) is 11.6 Å². The molecule has 1 amide bonds. The van der Waals surface area contributed by atoms with Gasteiger partial charge < -0.3 is 16.0 Å². The number of rotatable bonds is 6. The third-order valence-corrected chi connectivity index (χ3v) is 4.19. The van der Waals surface area contributed by atoms with Crippen LogP contribution in [0.15, 0.2) is 0 Å². The minimum absolute atomic E-state index is 0.00180. The first-order valence-corrected chi connectivity index (χ1v) is 8.30. The highest BCUT2D eigenvalue weighted by Gasteiger charge is 2.24. The van der Waals surface area contributed by atoms with E-state index in [0.717, 1.165) is 49.9 Å². The Morgan fingerprint density at radius 1 is 1.23 bits per heavy atom. The van der Waals surface area contributed by atoms with Crippen LogP contribution in [0, 0.1) is 5.92 Å². The van der Waals surface area contributed by atoms with E-state index in [1.807, 2.05) is 0 Å². The summed E-state index contributed by atoms with van der Waals surface area (Å²) in [7, 11) is 0. The molecule has 0 aromatic carbocycles. The van der Waals surface area contributed by atoms with Crippen molar-refractivity contribution in [3.8, 4) is 0 Å². The van der Waals surface area contributed by atoms with Crippen LogP contribution in [-0.4, -0.2) is 42.1 Å². The quantitative estimate of drug-likeness (QED) is 0.673. The average molecular weight is 303 g/mol. The molecule has 1 aromatic heterocycles. The van der Waals surface area contributed by atoms with E-state index in [2.05, 4.69) is 16.0 Å². The predicted octanol–water partition coefficient (Wildman–Crippen LogP) is 0.665. The van der Waals surface area contributed by atoms with Crippen LogP contribution >= 0.6 is 0 Å². The molecule has 0 atom stereocenters. The van der Waals surface area contributed by atoms with Crippen molar-refractivity contribution in [3.63, 3.8) is 0 Å². The molecule has 0 spiro atoms. The number of carbonyl (C=O) groups excluding carboxylic acids is 1. The van der Waals surface area contributed by atoms with Gasteiger partial charge in [-0.15, -0.1) is 0 Å². The van der Waals surface area contributed by atoms with Crippen molar-refractivity contribution in [2.24, 2.45) is 5.92 Å². The minimum Gasteiger partial charge on any atom is -0.368 e. The topological polar surface area (TPSA) is 78.9 Å². The summed E-state index contributed by atoms with van der Waals surface area (Å²) in [5, 5.41) is 9.63. The van der Waals surface area contributed by atoms with E-state index in [0.29, 0.717) is 13.1 Å². The van der Waals surface area contributed by atoms with Crippen LogP contribution in [0.4, 0.5) is 5.82 Å². The lowest BCUT2D eigenvalue weighted by Gasteiger charge is -2.15. The van der Waals surface area contributed by atoms with Crippen LogP contribution in [0.3, 0.4) is 0 Å². The summed E-state index contributed by atoms with van der Waals surface area (Å²) in [4.78, 5) is 20.5. The standard InChI is InChI=1S/C16H25N5O/c1-11(22)18-8-9-19-16-13-4-6-17-7-5-14(13)20-15(21-16)10-12-2-3-12/h12,17H,2-10H2,1H3,(H,18,22)(H,19,20,21). The summed E-state index contributed by atoms with van der Waals surface area (Å²) in [6.07, 6.45) is 5.55. The smallest absolute Gasteiger partial charge is 0.216 e. The van der Waals surface area contributed by atoms with E-state index in [9.17, 15) is 4.79 Å². The summed E-state index contributed by atoms with van der Waals surface area (Å²) >= 11 is 0. The van der Waals surface area contributed by atoms with Gasteiger partial charge in [0.05, 0.1) is 5.69 Å². The van der Waals surface area contributed by atoms with Crippen LogP contribution in [0.1, 0.15) is 36.8 Å². The molecular weight excluding hydrogens is 278 g/mol. The largest absolute Gasteiger partial charge is 0.368 e. The van der Waals surface area contributed by atoms with Gasteiger partial charge in [-0.25, -0.2) is 9.97 Å². The number of amides is 1. The number of aromatic nitrogens is 2. The molecule has 120 valence electrons. The van der Waals surface area contributed by atoms with Gasteiger partial charge >= 0.3 is 0 Å². The second-order valence-electron chi connectivity index (χ2n) is 6.22. The highest BCUT2D eigenvalue weighted by molar-refractivity contribution is 5.72. The summed E-state index contributed by atoms with van der Waals surface area (Å²) in [6, 6.07) is 0. The van der Waals surface area contributed by atoms with E-state index in [-0.39, 0.29) is 5.91 Å². The van der Waals surface area contributed by atoms with Gasteiger partial charge in [-0.3, -0.25) is 4.79 Å². The Morgan fingerprint density at radius 3 is 2.82 bits per heavy atom. The molecule has 6 nitrogen and oxygen atoms in total. The number of hydrogen-bond donors (Lipinski definition) is 3. The number of anilines is 1. The van der Waals surface area contributed by atoms with Gasteiger partial charge in [-0.1, -0.05) is 0 Å². The fraction of sp³-hybridized carbons (Fsp3) is 0.688. The second-order valence-corrected chi connectivity index (χ2v) is 6.22. The second kappa shape index (κ2) is 7.05. The van der Waals surface area contributed by atoms with Gasteiger partial charge in [0.2, 0.25) is 5.91 Å². The first-order valence-electron chi connectivity index (χ1n) is 8.30. The molecule has 6 heteroatoms. The van der Waals surface area contributed by atoms with Gasteiger partial charge in [0.15, 0.2) is 0 Å². The van der Waals surface area contributed by atoms with Gasteiger partial charge in [0, 0.05) is 45.0 Å². The molecule has 2 aliphatic rings. The van der Waals surface area contributed by atoms with Gasteiger partial charge in [0.25, 0.3) is 0 Å². The van der Waals surface area contributed by atoms with Crippen LogP contribution < -0.4 is 16.0 Å². The van der Waals surface area contributed by atoms with Gasteiger partial charge in [-0.2, -0.15) is 0 Å². The van der Waals surface area contributed by atoms with Crippen molar-refractivity contribution in [2.45, 2.75) is 39.0 Å². The molecular formula is C16H25N5O. The fourth-order valence-electron chi connectivity index (χ4n) is 2.83. The Balaban J connectivity index is 1.73. The highest BCUT2D eigenvalue weighted by Crippen LogP contribution is 2.32. The third-order valence-electron chi connectivity index (χ3n) is 4.19. The van der Waals surface area contributed by atoms with Gasteiger partial charge in [-0.05, 0) is 31.7 Å². The van der Waals surface area contributed by atoms with E-state index in [1.165, 1.54) is 31.0 Å². The normalized spacial score (nSPS) is 17.5. The number of carbonyl (C=O) groups is 1. The third kappa shape index (κ3) is 4.16. The maximum absolute atomic E-state index is 10.9. The monoisotopic (exact) mass is 303 g/mol. The molecule has 0 saturated heterocycles. The Morgan fingerprint density at radius 2 is 2.05 bits per heavy atom. The molecule has 3 N–H and O–H groups in total. The van der Waals surface area contributed by atoms with Crippen LogP contribution in [-0.2, 0) is 24.1 Å². The lowest BCUT2D eigenvalue weighted by molar-refractivity contribution is -0.118. The van der Waals surface area contributed by atoms with Crippen LogP contribution in [0.2, 0.25) is 0 Å². The maximum Gasteiger partial charge on any atom is 0.216 e. The zero-order chi connectivity index (χ0) is 15.4. The molecule has 1 aromatic rings. The SMILES string of the molecule is CC(=O)NCCNc1nc(CC2CC2)nc2c1CCNCC2. The van der Waals surface area contributed by atoms with E-state index < -0.39 is 0 Å². The molecule has 22 heavy (non-hydrogen) atoms. The van der Waals surface area contributed by atoms with E-state index in [1.54, 1.807) is 0 Å². The number of fused-ring (bicyclic) bond motifs is 1. The Hall–Kier alpha value is -1.69. The molecule has 0 radical (unpaired) electrons. The van der Waals surface area contributed by atoms with Crippen molar-refractivity contribution >= 4 is 11.7 Å². The first-order chi connectivity index (χ1) is 10.7. The molecule has 3 rings (SSSR count). The Labute approximate surface area is 131 Å². The number of hydrogen-bond acceptors (Lipinski definition) is 5. The molecule has 1 aliphatic carbocycles. The lowest BCUT2D eigenvalue weighted by Crippen LogP contribution is -2.27. The zero-order valence-electron chi connectivity index (χ0n) is 13.2. The molecule has 1 aliphatic heterocycles. The predicted molar refractivity (Wildman–Crippen MR) is 85.9 cm³/mol. The minimum atomic E-state index is 0.00180. The van der Waals surface area contributed by atoms with Crippen LogP contribution in [0.5, 0.6) is 0 Å². The number of nitrogens with zero attached hydrogens (tertiary/aromatic N) is 2.